The summed E-state index contributed by atoms with van der Waals surface area (Å²) in [7, 11) is 0. The maximum atomic E-state index is 12.7. The summed E-state index contributed by atoms with van der Waals surface area (Å²) in [6.45, 7) is 3.14. The van der Waals surface area contributed by atoms with Crippen LogP contribution in [0.2, 0.25) is 0 Å². The topological polar surface area (TPSA) is 152 Å². The number of allylic oxidation sites excluding steroid dienone is 16. The molecule has 1 saturated heterocycles. The van der Waals surface area contributed by atoms with E-state index in [-0.39, 0.29) is 26.1 Å². The van der Waals surface area contributed by atoms with E-state index in [2.05, 4.69) is 68.5 Å². The summed E-state index contributed by atoms with van der Waals surface area (Å²) >= 11 is 0. The molecular weight excluding hydrogens is 725 g/mol. The molecule has 1 rings (SSSR count). The highest BCUT2D eigenvalue weighted by molar-refractivity contribution is 5.70. The highest BCUT2D eigenvalue weighted by atomic mass is 16.7. The number of carbonyl (C=O) groups is 2. The second-order valence-corrected chi connectivity index (χ2v) is 14.1. The summed E-state index contributed by atoms with van der Waals surface area (Å²) in [5.41, 5.74) is 0. The second-order valence-electron chi connectivity index (χ2n) is 14.1. The van der Waals surface area contributed by atoms with Gasteiger partial charge in [0.05, 0.1) is 13.2 Å². The number of aliphatic hydroxyl groups excluding tert-OH is 4. The van der Waals surface area contributed by atoms with Crippen LogP contribution in [0.5, 0.6) is 0 Å². The van der Waals surface area contributed by atoms with E-state index in [1.165, 1.54) is 19.3 Å². The molecule has 10 nitrogen and oxygen atoms in total. The van der Waals surface area contributed by atoms with Crippen molar-refractivity contribution in [3.63, 3.8) is 0 Å². The molecule has 0 aliphatic carbocycles. The third kappa shape index (κ3) is 28.6. The van der Waals surface area contributed by atoms with Gasteiger partial charge < -0.3 is 39.4 Å². The van der Waals surface area contributed by atoms with Crippen molar-refractivity contribution in [2.24, 2.45) is 0 Å². The molecule has 0 aromatic rings. The fraction of sp³-hybridized carbons (Fsp3) is 0.617. The van der Waals surface area contributed by atoms with E-state index in [1.807, 2.05) is 42.5 Å². The molecule has 1 aliphatic heterocycles. The Balaban J connectivity index is 2.43. The molecule has 0 bridgehead atoms. The summed E-state index contributed by atoms with van der Waals surface area (Å²) < 4.78 is 22.0. The average molecular weight is 799 g/mol. The number of rotatable bonds is 33. The summed E-state index contributed by atoms with van der Waals surface area (Å²) in [5, 5.41) is 40.0. The van der Waals surface area contributed by atoms with Gasteiger partial charge >= 0.3 is 11.9 Å². The number of ether oxygens (including phenoxy) is 4. The van der Waals surface area contributed by atoms with Crippen molar-refractivity contribution in [2.75, 3.05) is 19.8 Å². The van der Waals surface area contributed by atoms with Crippen LogP contribution in [-0.2, 0) is 28.5 Å². The Morgan fingerprint density at radius 2 is 1.12 bits per heavy atom. The van der Waals surface area contributed by atoms with Gasteiger partial charge in [-0.15, -0.1) is 0 Å². The van der Waals surface area contributed by atoms with E-state index in [4.69, 9.17) is 18.9 Å². The van der Waals surface area contributed by atoms with Crippen LogP contribution in [0.25, 0.3) is 0 Å². The highest BCUT2D eigenvalue weighted by Gasteiger charge is 2.44. The molecule has 0 aromatic carbocycles. The highest BCUT2D eigenvalue weighted by Crippen LogP contribution is 2.22. The van der Waals surface area contributed by atoms with Gasteiger partial charge in [0, 0.05) is 12.8 Å². The van der Waals surface area contributed by atoms with Crippen molar-refractivity contribution >= 4 is 11.9 Å². The van der Waals surface area contributed by atoms with Crippen LogP contribution in [0.3, 0.4) is 0 Å². The summed E-state index contributed by atoms with van der Waals surface area (Å²) in [6.07, 6.45) is 41.3. The maximum absolute atomic E-state index is 12.7. The first kappa shape index (κ1) is 51.6. The SMILES string of the molecule is CC/C=C/C=C/C=C/C=C/CCCCCCCC(=O)O[C@@H](COC(=O)CCC/C=C/C/C=C/C/C=C/C/C=C/CCCCC)CO[C@H]1O[C@@H](CO)[C@@H](O)C(O)C1O. The predicted molar refractivity (Wildman–Crippen MR) is 228 cm³/mol. The Labute approximate surface area is 343 Å². The van der Waals surface area contributed by atoms with Crippen LogP contribution in [0, 0.1) is 0 Å². The van der Waals surface area contributed by atoms with Gasteiger partial charge in [-0.2, -0.15) is 0 Å². The minimum absolute atomic E-state index is 0.186. The Morgan fingerprint density at radius 3 is 1.77 bits per heavy atom. The zero-order valence-electron chi connectivity index (χ0n) is 34.8. The summed E-state index contributed by atoms with van der Waals surface area (Å²) in [5.74, 6) is -0.912. The lowest BCUT2D eigenvalue weighted by Gasteiger charge is -2.39. The molecule has 0 radical (unpaired) electrons. The molecule has 0 spiro atoms. The Morgan fingerprint density at radius 1 is 0.579 bits per heavy atom. The molecule has 0 amide bonds. The standard InChI is InChI=1S/C47H74O10/c1-3-5-7-9-11-13-15-17-19-20-22-23-25-27-29-31-33-35-42(49)54-38-40(39-55-47-46(53)45(52)44(51)41(37-48)57-47)56-43(50)36-34-32-30-28-26-24-21-18-16-14-12-10-8-6-4-2/h6,8,10-14,16-19,21-23,27,29,40-41,44-48,51-53H,3-5,7,9,15,20,24-26,28,30-39H2,1-2H3/b8-6+,12-10+,13-11+,16-14+,19-17+,21-18+,23-22+,29-27+/t40-,41-,44+,45?,46?,47-/m0/s1. The predicted octanol–water partition coefficient (Wildman–Crippen LogP) is 8.77. The Bertz CT molecular complexity index is 1240. The fourth-order valence-corrected chi connectivity index (χ4v) is 5.66. The van der Waals surface area contributed by atoms with E-state index >= 15 is 0 Å². The van der Waals surface area contributed by atoms with Crippen molar-refractivity contribution in [3.05, 3.63) is 97.2 Å². The molecule has 1 fully saturated rings. The summed E-state index contributed by atoms with van der Waals surface area (Å²) in [6, 6.07) is 0. The van der Waals surface area contributed by atoms with Gasteiger partial charge in [0.25, 0.3) is 0 Å². The van der Waals surface area contributed by atoms with Crippen LogP contribution in [-0.4, -0.2) is 89.0 Å². The molecule has 57 heavy (non-hydrogen) atoms. The summed E-state index contributed by atoms with van der Waals surface area (Å²) in [4.78, 5) is 25.3. The fourth-order valence-electron chi connectivity index (χ4n) is 5.66. The van der Waals surface area contributed by atoms with E-state index in [0.29, 0.717) is 12.8 Å². The Kier molecular flexibility index (Phi) is 33.5. The minimum atomic E-state index is -1.61. The molecule has 10 heteroatoms. The normalized spacial score (nSPS) is 21.3. The van der Waals surface area contributed by atoms with Crippen LogP contribution in [0.1, 0.15) is 129 Å². The van der Waals surface area contributed by atoms with Crippen molar-refractivity contribution in [2.45, 2.75) is 166 Å². The van der Waals surface area contributed by atoms with Crippen molar-refractivity contribution in [1.29, 1.82) is 0 Å². The van der Waals surface area contributed by atoms with Crippen molar-refractivity contribution in [1.82, 2.24) is 0 Å². The largest absolute Gasteiger partial charge is 0.462 e. The number of unbranched alkanes of at least 4 members (excludes halogenated alkanes) is 9. The van der Waals surface area contributed by atoms with Gasteiger partial charge in [-0.3, -0.25) is 9.59 Å². The number of hydrogen-bond acceptors (Lipinski definition) is 10. The van der Waals surface area contributed by atoms with Crippen LogP contribution in [0.15, 0.2) is 97.2 Å². The van der Waals surface area contributed by atoms with Crippen molar-refractivity contribution < 1.29 is 49.0 Å². The Hall–Kier alpha value is -3.38. The van der Waals surface area contributed by atoms with E-state index in [1.54, 1.807) is 0 Å². The molecule has 322 valence electrons. The number of carbonyl (C=O) groups excluding carboxylic acids is 2. The zero-order valence-corrected chi connectivity index (χ0v) is 34.8. The molecule has 0 saturated carbocycles. The lowest BCUT2D eigenvalue weighted by Crippen LogP contribution is -2.59. The first-order valence-corrected chi connectivity index (χ1v) is 21.4. The monoisotopic (exact) mass is 799 g/mol. The molecule has 0 aromatic heterocycles. The first-order valence-electron chi connectivity index (χ1n) is 21.4. The molecule has 2 unspecified atom stereocenters. The number of aliphatic hydroxyl groups is 4. The van der Waals surface area contributed by atoms with Crippen molar-refractivity contribution in [3.8, 4) is 0 Å². The molecular formula is C47H74O10. The van der Waals surface area contributed by atoms with E-state index < -0.39 is 55.4 Å². The first-order chi connectivity index (χ1) is 27.8. The lowest BCUT2D eigenvalue weighted by atomic mass is 9.99. The number of hydrogen-bond donors (Lipinski definition) is 4. The minimum Gasteiger partial charge on any atom is -0.462 e. The van der Waals surface area contributed by atoms with Gasteiger partial charge in [0.1, 0.15) is 31.0 Å². The van der Waals surface area contributed by atoms with Gasteiger partial charge in [-0.05, 0) is 70.6 Å². The molecule has 1 aliphatic rings. The molecule has 4 N–H and O–H groups in total. The third-order valence-electron chi connectivity index (χ3n) is 9.05. The molecule has 1 heterocycles. The maximum Gasteiger partial charge on any atom is 0.306 e. The lowest BCUT2D eigenvalue weighted by molar-refractivity contribution is -0.305. The van der Waals surface area contributed by atoms with Crippen LogP contribution >= 0.6 is 0 Å². The quantitative estimate of drug-likeness (QED) is 0.0220. The van der Waals surface area contributed by atoms with Gasteiger partial charge in [-0.25, -0.2) is 0 Å². The zero-order chi connectivity index (χ0) is 41.6. The van der Waals surface area contributed by atoms with E-state index in [9.17, 15) is 30.0 Å². The second kappa shape index (κ2) is 36.9. The van der Waals surface area contributed by atoms with Crippen LogP contribution < -0.4 is 0 Å². The number of esters is 2. The van der Waals surface area contributed by atoms with Gasteiger partial charge in [0.2, 0.25) is 0 Å². The third-order valence-corrected chi connectivity index (χ3v) is 9.05. The van der Waals surface area contributed by atoms with E-state index in [0.717, 1.165) is 70.6 Å². The van der Waals surface area contributed by atoms with Gasteiger partial charge in [0.15, 0.2) is 12.4 Å². The smallest absolute Gasteiger partial charge is 0.306 e. The molecule has 6 atom stereocenters. The van der Waals surface area contributed by atoms with Crippen LogP contribution in [0.4, 0.5) is 0 Å². The van der Waals surface area contributed by atoms with Gasteiger partial charge in [-0.1, -0.05) is 143 Å². The average Bonchev–Trinajstić information content (AvgIpc) is 3.21.